The van der Waals surface area contributed by atoms with Gasteiger partial charge in [0.25, 0.3) is 0 Å². The van der Waals surface area contributed by atoms with Gasteiger partial charge in [0.1, 0.15) is 0 Å². The van der Waals surface area contributed by atoms with Crippen molar-refractivity contribution in [2.75, 3.05) is 18.0 Å². The minimum Gasteiger partial charge on any atom is -0.369 e. The number of unbranched alkanes of at least 4 members (excludes halogenated alkanes) is 3. The van der Waals surface area contributed by atoms with Crippen LogP contribution >= 0.6 is 0 Å². The molecular formula is C23H39F2N. The smallest absolute Gasteiger partial charge is 0.182 e. The first-order chi connectivity index (χ1) is 12.5. The van der Waals surface area contributed by atoms with Crippen LogP contribution in [0.4, 0.5) is 14.5 Å². The van der Waals surface area contributed by atoms with E-state index in [4.69, 9.17) is 0 Å². The van der Waals surface area contributed by atoms with Gasteiger partial charge in [-0.15, -0.1) is 0 Å². The molecule has 1 rings (SSSR count). The van der Waals surface area contributed by atoms with E-state index in [1.807, 2.05) is 0 Å². The summed E-state index contributed by atoms with van der Waals surface area (Å²) >= 11 is 0. The third-order valence-electron chi connectivity index (χ3n) is 5.43. The monoisotopic (exact) mass is 367 g/mol. The molecule has 1 nitrogen and oxygen atoms in total. The van der Waals surface area contributed by atoms with Crippen LogP contribution in [0, 0.1) is 23.5 Å². The van der Waals surface area contributed by atoms with Gasteiger partial charge in [0.2, 0.25) is 0 Å². The third kappa shape index (κ3) is 8.05. The fourth-order valence-corrected chi connectivity index (χ4v) is 3.72. The Morgan fingerprint density at radius 2 is 1.69 bits per heavy atom. The molecule has 0 fully saturated rings. The van der Waals surface area contributed by atoms with Gasteiger partial charge in [0.05, 0.1) is 5.69 Å². The summed E-state index contributed by atoms with van der Waals surface area (Å²) in [6.07, 6.45) is 10.7. The standard InChI is InChI=1S/C23H39F2N/c1-5-8-9-10-17-26(22-14-11-13-21(24)23(22)25)18-19(4)15-16-20(7-3)12-6-2/h11,13-14,19-20H,5-10,12,15-18H2,1-4H3. The highest BCUT2D eigenvalue weighted by Crippen LogP contribution is 2.26. The molecule has 0 aromatic heterocycles. The average Bonchev–Trinajstić information content (AvgIpc) is 2.63. The van der Waals surface area contributed by atoms with Crippen molar-refractivity contribution in [1.29, 1.82) is 0 Å². The van der Waals surface area contributed by atoms with E-state index in [0.29, 0.717) is 11.6 Å². The Hall–Kier alpha value is -1.12. The Balaban J connectivity index is 2.70. The van der Waals surface area contributed by atoms with Gasteiger partial charge in [-0.25, -0.2) is 8.78 Å². The molecule has 0 N–H and O–H groups in total. The van der Waals surface area contributed by atoms with Gasteiger partial charge in [0, 0.05) is 13.1 Å². The van der Waals surface area contributed by atoms with Gasteiger partial charge in [-0.1, -0.05) is 78.7 Å². The third-order valence-corrected chi connectivity index (χ3v) is 5.43. The van der Waals surface area contributed by atoms with Gasteiger partial charge in [-0.2, -0.15) is 0 Å². The first-order valence-electron chi connectivity index (χ1n) is 10.7. The Bertz CT molecular complexity index is 489. The van der Waals surface area contributed by atoms with Crippen molar-refractivity contribution in [3.63, 3.8) is 0 Å². The molecule has 0 amide bonds. The SMILES string of the molecule is CCCCCCN(CC(C)CCC(CC)CCC)c1cccc(F)c1F. The van der Waals surface area contributed by atoms with E-state index in [-0.39, 0.29) is 0 Å². The lowest BCUT2D eigenvalue weighted by Crippen LogP contribution is -2.31. The maximum Gasteiger partial charge on any atom is 0.182 e. The van der Waals surface area contributed by atoms with Crippen LogP contribution in [0.15, 0.2) is 18.2 Å². The molecule has 0 aliphatic heterocycles. The zero-order chi connectivity index (χ0) is 19.4. The average molecular weight is 368 g/mol. The number of rotatable bonds is 14. The first-order valence-corrected chi connectivity index (χ1v) is 10.7. The molecule has 0 radical (unpaired) electrons. The van der Waals surface area contributed by atoms with E-state index in [9.17, 15) is 8.78 Å². The highest BCUT2D eigenvalue weighted by atomic mass is 19.2. The summed E-state index contributed by atoms with van der Waals surface area (Å²) < 4.78 is 28.0. The second kappa shape index (κ2) is 13.1. The maximum absolute atomic E-state index is 14.3. The topological polar surface area (TPSA) is 3.24 Å². The molecule has 150 valence electrons. The minimum atomic E-state index is -0.747. The van der Waals surface area contributed by atoms with E-state index in [1.54, 1.807) is 12.1 Å². The Morgan fingerprint density at radius 3 is 2.35 bits per heavy atom. The van der Waals surface area contributed by atoms with Gasteiger partial charge in [0.15, 0.2) is 11.6 Å². The van der Waals surface area contributed by atoms with Crippen molar-refractivity contribution >= 4 is 5.69 Å². The van der Waals surface area contributed by atoms with E-state index in [0.717, 1.165) is 38.3 Å². The van der Waals surface area contributed by atoms with Crippen LogP contribution in [0.2, 0.25) is 0 Å². The summed E-state index contributed by atoms with van der Waals surface area (Å²) in [7, 11) is 0. The number of halogens is 2. The van der Waals surface area contributed by atoms with Crippen LogP contribution in [-0.4, -0.2) is 13.1 Å². The zero-order valence-corrected chi connectivity index (χ0v) is 17.4. The molecule has 0 aliphatic rings. The molecule has 0 heterocycles. The van der Waals surface area contributed by atoms with Crippen molar-refractivity contribution in [2.45, 2.75) is 85.5 Å². The summed E-state index contributed by atoms with van der Waals surface area (Å²) in [5.41, 5.74) is 0.425. The Kier molecular flexibility index (Phi) is 11.6. The highest BCUT2D eigenvalue weighted by Gasteiger charge is 2.18. The van der Waals surface area contributed by atoms with Crippen LogP contribution in [-0.2, 0) is 0 Å². The number of hydrogen-bond donors (Lipinski definition) is 0. The molecule has 2 unspecified atom stereocenters. The number of anilines is 1. The van der Waals surface area contributed by atoms with Gasteiger partial charge in [-0.3, -0.25) is 0 Å². The van der Waals surface area contributed by atoms with Crippen LogP contribution in [0.3, 0.4) is 0 Å². The van der Waals surface area contributed by atoms with Crippen LogP contribution in [0.5, 0.6) is 0 Å². The lowest BCUT2D eigenvalue weighted by atomic mass is 9.91. The van der Waals surface area contributed by atoms with E-state index in [2.05, 4.69) is 32.6 Å². The zero-order valence-electron chi connectivity index (χ0n) is 17.4. The second-order valence-electron chi connectivity index (χ2n) is 7.83. The lowest BCUT2D eigenvalue weighted by molar-refractivity contribution is 0.375. The van der Waals surface area contributed by atoms with Crippen molar-refractivity contribution in [2.24, 2.45) is 11.8 Å². The predicted octanol–water partition coefficient (Wildman–Crippen LogP) is 7.59. The summed E-state index contributed by atoms with van der Waals surface area (Å²) in [6.45, 7) is 10.6. The number of benzene rings is 1. The molecule has 0 saturated carbocycles. The second-order valence-corrected chi connectivity index (χ2v) is 7.83. The minimum absolute atomic E-state index is 0.425. The summed E-state index contributed by atoms with van der Waals surface area (Å²) in [6, 6.07) is 4.54. The normalized spacial score (nSPS) is 13.6. The maximum atomic E-state index is 14.3. The van der Waals surface area contributed by atoms with E-state index < -0.39 is 11.6 Å². The van der Waals surface area contributed by atoms with Crippen molar-refractivity contribution in [3.05, 3.63) is 29.8 Å². The molecule has 1 aromatic rings. The van der Waals surface area contributed by atoms with E-state index in [1.165, 1.54) is 44.6 Å². The molecule has 26 heavy (non-hydrogen) atoms. The fourth-order valence-electron chi connectivity index (χ4n) is 3.72. The lowest BCUT2D eigenvalue weighted by Gasteiger charge is -2.29. The fraction of sp³-hybridized carbons (Fsp3) is 0.739. The van der Waals surface area contributed by atoms with Crippen LogP contribution in [0.1, 0.15) is 85.5 Å². The largest absolute Gasteiger partial charge is 0.369 e. The summed E-state index contributed by atoms with van der Waals surface area (Å²) in [5, 5.41) is 0. The van der Waals surface area contributed by atoms with Crippen molar-refractivity contribution < 1.29 is 8.78 Å². The Morgan fingerprint density at radius 1 is 0.923 bits per heavy atom. The number of nitrogens with zero attached hydrogens (tertiary/aromatic N) is 1. The molecular weight excluding hydrogens is 328 g/mol. The van der Waals surface area contributed by atoms with Gasteiger partial charge < -0.3 is 4.90 Å². The predicted molar refractivity (Wildman–Crippen MR) is 110 cm³/mol. The molecule has 3 heteroatoms. The quantitative estimate of drug-likeness (QED) is 0.306. The molecule has 0 saturated heterocycles. The molecule has 0 bridgehead atoms. The molecule has 0 spiro atoms. The van der Waals surface area contributed by atoms with Gasteiger partial charge >= 0.3 is 0 Å². The molecule has 2 atom stereocenters. The first kappa shape index (κ1) is 22.9. The molecule has 0 aliphatic carbocycles. The Labute approximate surface area is 160 Å². The highest BCUT2D eigenvalue weighted by molar-refractivity contribution is 5.48. The van der Waals surface area contributed by atoms with Crippen LogP contribution < -0.4 is 4.90 Å². The summed E-state index contributed by atoms with van der Waals surface area (Å²) in [5.74, 6) is -0.170. The van der Waals surface area contributed by atoms with Crippen molar-refractivity contribution in [1.82, 2.24) is 0 Å². The van der Waals surface area contributed by atoms with Crippen molar-refractivity contribution in [3.8, 4) is 0 Å². The van der Waals surface area contributed by atoms with Crippen LogP contribution in [0.25, 0.3) is 0 Å². The van der Waals surface area contributed by atoms with Gasteiger partial charge in [-0.05, 0) is 36.8 Å². The number of hydrogen-bond acceptors (Lipinski definition) is 1. The summed E-state index contributed by atoms with van der Waals surface area (Å²) in [4.78, 5) is 2.07. The van der Waals surface area contributed by atoms with E-state index >= 15 is 0 Å². The molecule has 1 aromatic carbocycles.